The van der Waals surface area contributed by atoms with E-state index in [1.165, 1.54) is 12.0 Å². The highest BCUT2D eigenvalue weighted by molar-refractivity contribution is 14.1. The number of halogens is 2. The van der Waals surface area contributed by atoms with Crippen LogP contribution in [0.25, 0.3) is 0 Å². The molecular weight excluding hydrogens is 388 g/mol. The minimum Gasteiger partial charge on any atom is -0.496 e. The van der Waals surface area contributed by atoms with Crippen molar-refractivity contribution in [1.82, 2.24) is 0 Å². The molecule has 1 fully saturated rings. The third-order valence-electron chi connectivity index (χ3n) is 2.93. The molecule has 19 heavy (non-hydrogen) atoms. The maximum absolute atomic E-state index is 12.9. The largest absolute Gasteiger partial charge is 0.496 e. The molecule has 0 radical (unpaired) electrons. The monoisotopic (exact) mass is 399 g/mol. The van der Waals surface area contributed by atoms with Gasteiger partial charge >= 0.3 is 10.2 Å². The van der Waals surface area contributed by atoms with Crippen molar-refractivity contribution in [2.75, 3.05) is 18.6 Å². The lowest BCUT2D eigenvalue weighted by atomic mass is 10.3. The lowest BCUT2D eigenvalue weighted by Gasteiger charge is -2.17. The number of hydrogen-bond donors (Lipinski definition) is 0. The van der Waals surface area contributed by atoms with E-state index in [2.05, 4.69) is 0 Å². The zero-order chi connectivity index (χ0) is 14.2. The topological polar surface area (TPSA) is 63.7 Å². The first-order valence-corrected chi connectivity index (χ1v) is 7.93. The van der Waals surface area contributed by atoms with Crippen LogP contribution in [0.15, 0.2) is 18.2 Å². The first-order valence-electron chi connectivity index (χ1n) is 5.40. The molecule has 104 valence electrons. The summed E-state index contributed by atoms with van der Waals surface area (Å²) in [6, 6.07) is 5.03. The molecule has 0 aliphatic carbocycles. The normalized spacial score (nSPS) is 19.8. The predicted octanol–water partition coefficient (Wildman–Crippen LogP) is 1.70. The van der Waals surface area contributed by atoms with E-state index in [4.69, 9.17) is 4.74 Å². The summed E-state index contributed by atoms with van der Waals surface area (Å²) in [6.07, 6.45) is -0.318. The van der Waals surface area contributed by atoms with Crippen LogP contribution in [0.2, 0.25) is 0 Å². The average molecular weight is 399 g/mol. The second-order valence-corrected chi connectivity index (χ2v) is 6.90. The lowest BCUT2D eigenvalue weighted by molar-refractivity contribution is -0.117. The number of ether oxygens (including phenoxy) is 1. The summed E-state index contributed by atoms with van der Waals surface area (Å²) >= 11 is 2.05. The maximum Gasteiger partial charge on any atom is 0.307 e. The summed E-state index contributed by atoms with van der Waals surface area (Å²) in [7, 11) is -3.16. The van der Waals surface area contributed by atoms with E-state index >= 15 is 0 Å². The number of rotatable bonds is 3. The molecule has 1 aromatic rings. The first-order chi connectivity index (χ1) is 8.82. The Morgan fingerprint density at radius 2 is 2.16 bits per heavy atom. The van der Waals surface area contributed by atoms with Gasteiger partial charge < -0.3 is 9.64 Å². The highest BCUT2D eigenvalue weighted by Crippen LogP contribution is 2.30. The van der Waals surface area contributed by atoms with Gasteiger partial charge in [0.15, 0.2) is 0 Å². The van der Waals surface area contributed by atoms with E-state index in [0.29, 0.717) is 11.4 Å². The number of methoxy groups -OCH3 is 1. The maximum atomic E-state index is 12.9. The van der Waals surface area contributed by atoms with Gasteiger partial charge in [-0.1, -0.05) is 0 Å². The van der Waals surface area contributed by atoms with E-state index in [1.807, 2.05) is 22.6 Å². The van der Waals surface area contributed by atoms with E-state index in [1.54, 1.807) is 18.2 Å². The van der Waals surface area contributed by atoms with Crippen molar-refractivity contribution < 1.29 is 21.8 Å². The zero-order valence-corrected chi connectivity index (χ0v) is 12.9. The average Bonchev–Trinajstić information content (AvgIpc) is 2.71. The minimum atomic E-state index is -4.69. The third-order valence-corrected chi connectivity index (χ3v) is 4.89. The van der Waals surface area contributed by atoms with Gasteiger partial charge in [0.05, 0.1) is 10.7 Å². The fourth-order valence-corrected chi connectivity index (χ4v) is 3.32. The smallest absolute Gasteiger partial charge is 0.307 e. The number of amides is 1. The SMILES string of the molecule is COc1ccc(N2CC(S(=O)(=O)F)CC2=O)cc1I. The fraction of sp³-hybridized carbons (Fsp3) is 0.364. The molecule has 1 saturated heterocycles. The molecule has 0 aromatic heterocycles. The fourth-order valence-electron chi connectivity index (χ4n) is 1.94. The third kappa shape index (κ3) is 2.99. The summed E-state index contributed by atoms with van der Waals surface area (Å²) in [6.45, 7) is -0.153. The minimum absolute atomic E-state index is 0.153. The second-order valence-electron chi connectivity index (χ2n) is 4.12. The molecule has 1 heterocycles. The molecular formula is C11H11FINO4S. The van der Waals surface area contributed by atoms with Gasteiger partial charge in [0.1, 0.15) is 11.0 Å². The number of carbonyl (C=O) groups is 1. The molecule has 1 aromatic carbocycles. The molecule has 2 rings (SSSR count). The molecule has 0 bridgehead atoms. The predicted molar refractivity (Wildman–Crippen MR) is 76.5 cm³/mol. The van der Waals surface area contributed by atoms with Crippen molar-refractivity contribution in [2.24, 2.45) is 0 Å². The van der Waals surface area contributed by atoms with Crippen LogP contribution in [0, 0.1) is 3.57 Å². The van der Waals surface area contributed by atoms with Crippen LogP contribution in [0.5, 0.6) is 5.75 Å². The Labute approximate surface area is 124 Å². The van der Waals surface area contributed by atoms with Gasteiger partial charge in [0, 0.05) is 18.7 Å². The van der Waals surface area contributed by atoms with E-state index in [0.717, 1.165) is 3.57 Å². The van der Waals surface area contributed by atoms with Crippen LogP contribution >= 0.6 is 22.6 Å². The van der Waals surface area contributed by atoms with Crippen LogP contribution in [-0.2, 0) is 15.0 Å². The van der Waals surface area contributed by atoms with E-state index < -0.39 is 21.4 Å². The molecule has 1 atom stereocenters. The summed E-state index contributed by atoms with van der Waals surface area (Å²) in [5, 5.41) is -1.28. The van der Waals surface area contributed by atoms with Gasteiger partial charge in [-0.25, -0.2) is 0 Å². The molecule has 0 spiro atoms. The summed E-state index contributed by atoms with van der Waals surface area (Å²) in [4.78, 5) is 13.0. The van der Waals surface area contributed by atoms with Gasteiger partial charge in [-0.05, 0) is 40.8 Å². The highest BCUT2D eigenvalue weighted by Gasteiger charge is 2.39. The van der Waals surface area contributed by atoms with Crippen LogP contribution in [0.1, 0.15) is 6.42 Å². The molecule has 1 aliphatic heterocycles. The van der Waals surface area contributed by atoms with Gasteiger partial charge in [-0.15, -0.1) is 3.89 Å². The molecule has 5 nitrogen and oxygen atoms in total. The lowest BCUT2D eigenvalue weighted by Crippen LogP contribution is -2.26. The van der Waals surface area contributed by atoms with Crippen molar-refractivity contribution in [1.29, 1.82) is 0 Å². The summed E-state index contributed by atoms with van der Waals surface area (Å²) < 4.78 is 40.5. The van der Waals surface area contributed by atoms with Crippen molar-refractivity contribution in [3.8, 4) is 5.75 Å². The number of anilines is 1. The van der Waals surface area contributed by atoms with E-state index in [-0.39, 0.29) is 13.0 Å². The van der Waals surface area contributed by atoms with Crippen molar-refractivity contribution in [3.05, 3.63) is 21.8 Å². The number of benzene rings is 1. The summed E-state index contributed by atoms with van der Waals surface area (Å²) in [5.41, 5.74) is 0.543. The van der Waals surface area contributed by atoms with E-state index in [9.17, 15) is 17.1 Å². The Morgan fingerprint density at radius 1 is 1.47 bits per heavy atom. The van der Waals surface area contributed by atoms with Gasteiger partial charge in [-0.2, -0.15) is 8.42 Å². The highest BCUT2D eigenvalue weighted by atomic mass is 127. The Morgan fingerprint density at radius 3 is 2.63 bits per heavy atom. The van der Waals surface area contributed by atoms with Crippen molar-refractivity contribution in [2.45, 2.75) is 11.7 Å². The Kier molecular flexibility index (Phi) is 4.00. The molecule has 0 saturated carbocycles. The van der Waals surface area contributed by atoms with Crippen LogP contribution in [-0.4, -0.2) is 33.2 Å². The van der Waals surface area contributed by atoms with Crippen molar-refractivity contribution >= 4 is 44.4 Å². The summed E-state index contributed by atoms with van der Waals surface area (Å²) in [5.74, 6) is 0.262. The van der Waals surface area contributed by atoms with Gasteiger partial charge in [-0.3, -0.25) is 4.79 Å². The number of carbonyl (C=O) groups excluding carboxylic acids is 1. The van der Waals surface area contributed by atoms with Crippen LogP contribution in [0.4, 0.5) is 9.57 Å². The zero-order valence-electron chi connectivity index (χ0n) is 9.97. The quantitative estimate of drug-likeness (QED) is 0.574. The van der Waals surface area contributed by atoms with Crippen LogP contribution < -0.4 is 9.64 Å². The second kappa shape index (κ2) is 5.23. The Hall–Kier alpha value is -0.900. The number of nitrogens with zero attached hydrogens (tertiary/aromatic N) is 1. The number of hydrogen-bond acceptors (Lipinski definition) is 4. The standard InChI is InChI=1S/C11H11FINO4S/c1-18-10-3-2-7(4-9(10)13)14-6-8(5-11(14)15)19(12,16)17/h2-4,8H,5-6H2,1H3. The van der Waals surface area contributed by atoms with Crippen molar-refractivity contribution in [3.63, 3.8) is 0 Å². The van der Waals surface area contributed by atoms with Gasteiger partial charge in [0.25, 0.3) is 0 Å². The Bertz CT molecular complexity index is 619. The molecule has 1 unspecified atom stereocenters. The first kappa shape index (κ1) is 14.5. The molecule has 8 heteroatoms. The molecule has 1 amide bonds. The van der Waals surface area contributed by atoms with Crippen LogP contribution in [0.3, 0.4) is 0 Å². The molecule has 0 N–H and O–H groups in total. The molecule has 1 aliphatic rings. The van der Waals surface area contributed by atoms with Gasteiger partial charge in [0.2, 0.25) is 5.91 Å². The Balaban J connectivity index is 2.28.